The lowest BCUT2D eigenvalue weighted by atomic mass is 10.1. The number of nitrogens with zero attached hydrogens (tertiary/aromatic N) is 4. The van der Waals surface area contributed by atoms with Gasteiger partial charge in [0.2, 0.25) is 5.91 Å². The number of likely N-dealkylation sites (N-methyl/N-ethyl adjacent to an activating group) is 1. The molecule has 19 heavy (non-hydrogen) atoms. The highest BCUT2D eigenvalue weighted by Crippen LogP contribution is 2.23. The molecular weight excluding hydrogens is 330 g/mol. The number of aromatic amines is 1. The van der Waals surface area contributed by atoms with Crippen LogP contribution in [-0.4, -0.2) is 45.0 Å². The number of hydrogen-bond donors (Lipinski definition) is 1. The highest BCUT2D eigenvalue weighted by Gasteiger charge is 2.17. The number of H-pyrrole nitrogens is 1. The summed E-state index contributed by atoms with van der Waals surface area (Å²) in [6, 6.07) is 3.92. The van der Waals surface area contributed by atoms with Crippen LogP contribution in [0.25, 0.3) is 0 Å². The molecule has 0 aliphatic heterocycles. The third kappa shape index (κ3) is 3.84. The van der Waals surface area contributed by atoms with E-state index in [0.29, 0.717) is 18.8 Å². The molecule has 0 bridgehead atoms. The zero-order chi connectivity index (χ0) is 13.8. The van der Waals surface area contributed by atoms with Crippen molar-refractivity contribution in [2.24, 2.45) is 0 Å². The molecule has 0 aliphatic carbocycles. The van der Waals surface area contributed by atoms with Crippen molar-refractivity contribution >= 4 is 33.2 Å². The second kappa shape index (κ2) is 6.25. The molecule has 0 saturated heterocycles. The van der Waals surface area contributed by atoms with E-state index in [9.17, 15) is 4.79 Å². The minimum Gasteiger partial charge on any atom is -0.345 e. The number of carbonyl (C=O) groups is 1. The summed E-state index contributed by atoms with van der Waals surface area (Å²) >= 11 is 4.97. The van der Waals surface area contributed by atoms with E-state index in [0.717, 1.165) is 8.66 Å². The first-order valence-corrected chi connectivity index (χ1v) is 7.38. The smallest absolute Gasteiger partial charge is 0.227 e. The predicted molar refractivity (Wildman–Crippen MR) is 76.0 cm³/mol. The molecule has 0 saturated carbocycles. The number of tetrazole rings is 1. The summed E-state index contributed by atoms with van der Waals surface area (Å²) in [6.07, 6.45) is 0.422. The molecule has 0 aromatic carbocycles. The van der Waals surface area contributed by atoms with Crippen LogP contribution in [-0.2, 0) is 11.2 Å². The maximum Gasteiger partial charge on any atom is 0.227 e. The molecular formula is C11H14BrN5OS. The van der Waals surface area contributed by atoms with Crippen molar-refractivity contribution in [2.45, 2.75) is 19.3 Å². The topological polar surface area (TPSA) is 74.8 Å². The molecule has 0 fully saturated rings. The average Bonchev–Trinajstić information content (AvgIpc) is 3.00. The Labute approximate surface area is 123 Å². The molecule has 2 aromatic heterocycles. The Morgan fingerprint density at radius 3 is 2.95 bits per heavy atom. The van der Waals surface area contributed by atoms with E-state index in [1.807, 2.05) is 19.1 Å². The van der Waals surface area contributed by atoms with Gasteiger partial charge in [-0.2, -0.15) is 5.21 Å². The van der Waals surface area contributed by atoms with Crippen molar-refractivity contribution in [1.29, 1.82) is 0 Å². The van der Waals surface area contributed by atoms with E-state index in [1.165, 1.54) is 0 Å². The third-order valence-corrected chi connectivity index (χ3v) is 4.35. The first kappa shape index (κ1) is 14.1. The number of thiophene rings is 1. The van der Waals surface area contributed by atoms with Gasteiger partial charge in [-0.3, -0.25) is 4.79 Å². The van der Waals surface area contributed by atoms with Gasteiger partial charge in [-0.15, -0.1) is 21.5 Å². The second-order valence-corrected chi connectivity index (χ2v) is 6.88. The van der Waals surface area contributed by atoms with Gasteiger partial charge in [0, 0.05) is 24.4 Å². The molecule has 0 unspecified atom stereocenters. The van der Waals surface area contributed by atoms with Gasteiger partial charge in [-0.1, -0.05) is 12.1 Å². The normalized spacial score (nSPS) is 12.4. The molecule has 0 aliphatic rings. The van der Waals surface area contributed by atoms with Gasteiger partial charge in [0.05, 0.1) is 10.2 Å². The van der Waals surface area contributed by atoms with Crippen LogP contribution < -0.4 is 0 Å². The average molecular weight is 344 g/mol. The monoisotopic (exact) mass is 343 g/mol. The summed E-state index contributed by atoms with van der Waals surface area (Å²) in [5.74, 6) is 0.769. The van der Waals surface area contributed by atoms with Crippen molar-refractivity contribution in [3.05, 3.63) is 26.6 Å². The van der Waals surface area contributed by atoms with Crippen LogP contribution in [0.1, 0.15) is 23.5 Å². The Morgan fingerprint density at radius 1 is 1.58 bits per heavy atom. The highest BCUT2D eigenvalue weighted by molar-refractivity contribution is 9.11. The van der Waals surface area contributed by atoms with E-state index in [4.69, 9.17) is 0 Å². The van der Waals surface area contributed by atoms with E-state index >= 15 is 0 Å². The number of aromatic nitrogens is 4. The number of carbonyl (C=O) groups excluding carboxylic acids is 1. The summed E-state index contributed by atoms with van der Waals surface area (Å²) in [5.41, 5.74) is 0. The summed E-state index contributed by atoms with van der Waals surface area (Å²) in [4.78, 5) is 14.8. The van der Waals surface area contributed by atoms with E-state index in [2.05, 4.69) is 36.6 Å². The van der Waals surface area contributed by atoms with E-state index in [-0.39, 0.29) is 11.8 Å². The van der Waals surface area contributed by atoms with Crippen LogP contribution in [0.4, 0.5) is 0 Å². The van der Waals surface area contributed by atoms with Crippen molar-refractivity contribution in [3.8, 4) is 0 Å². The molecule has 6 nitrogen and oxygen atoms in total. The van der Waals surface area contributed by atoms with Crippen LogP contribution in [0.15, 0.2) is 15.9 Å². The lowest BCUT2D eigenvalue weighted by Crippen LogP contribution is -2.31. The fourth-order valence-corrected chi connectivity index (χ4v) is 3.18. The number of halogens is 1. The molecule has 0 radical (unpaired) electrons. The highest BCUT2D eigenvalue weighted by atomic mass is 79.9. The van der Waals surface area contributed by atoms with Gasteiger partial charge in [-0.25, -0.2) is 0 Å². The van der Waals surface area contributed by atoms with Crippen molar-refractivity contribution in [1.82, 2.24) is 25.5 Å². The Balaban J connectivity index is 1.89. The molecule has 2 heterocycles. The summed E-state index contributed by atoms with van der Waals surface area (Å²) in [7, 11) is 1.79. The van der Waals surface area contributed by atoms with E-state index in [1.54, 1.807) is 23.3 Å². The SMILES string of the molecule is C[C@@H](CN(C)C(=O)Cc1ccc(Br)s1)c1nn[nH]n1. The fraction of sp³-hybridized carbons (Fsp3) is 0.455. The van der Waals surface area contributed by atoms with Crippen LogP contribution >= 0.6 is 27.3 Å². The summed E-state index contributed by atoms with van der Waals surface area (Å²) in [6.45, 7) is 2.54. The minimum atomic E-state index is 0.0581. The van der Waals surface area contributed by atoms with Gasteiger partial charge in [0.1, 0.15) is 0 Å². The van der Waals surface area contributed by atoms with Gasteiger partial charge in [0.25, 0.3) is 0 Å². The fourth-order valence-electron chi connectivity index (χ4n) is 1.70. The lowest BCUT2D eigenvalue weighted by Gasteiger charge is -2.19. The molecule has 2 rings (SSSR count). The van der Waals surface area contributed by atoms with Gasteiger partial charge in [-0.05, 0) is 28.1 Å². The molecule has 1 N–H and O–H groups in total. The summed E-state index contributed by atoms with van der Waals surface area (Å²) in [5, 5.41) is 13.8. The number of amides is 1. The quantitative estimate of drug-likeness (QED) is 0.898. The van der Waals surface area contributed by atoms with Crippen LogP contribution in [0.2, 0.25) is 0 Å². The van der Waals surface area contributed by atoms with Gasteiger partial charge < -0.3 is 4.90 Å². The van der Waals surface area contributed by atoms with Crippen LogP contribution in [0.5, 0.6) is 0 Å². The van der Waals surface area contributed by atoms with Crippen LogP contribution in [0.3, 0.4) is 0 Å². The lowest BCUT2D eigenvalue weighted by molar-refractivity contribution is -0.129. The Kier molecular flexibility index (Phi) is 4.65. The largest absolute Gasteiger partial charge is 0.345 e. The maximum atomic E-state index is 12.1. The zero-order valence-electron chi connectivity index (χ0n) is 10.6. The van der Waals surface area contributed by atoms with Gasteiger partial charge >= 0.3 is 0 Å². The Hall–Kier alpha value is -1.28. The van der Waals surface area contributed by atoms with Crippen molar-refractivity contribution in [2.75, 3.05) is 13.6 Å². The number of nitrogens with one attached hydrogen (secondary N) is 1. The first-order valence-electron chi connectivity index (χ1n) is 5.77. The first-order chi connectivity index (χ1) is 9.06. The van der Waals surface area contributed by atoms with Crippen LogP contribution in [0, 0.1) is 0 Å². The number of rotatable bonds is 5. The number of hydrogen-bond acceptors (Lipinski definition) is 5. The van der Waals surface area contributed by atoms with Gasteiger partial charge in [0.15, 0.2) is 5.82 Å². The molecule has 1 amide bonds. The molecule has 0 spiro atoms. The predicted octanol–water partition coefficient (Wildman–Crippen LogP) is 1.83. The van der Waals surface area contributed by atoms with Crippen molar-refractivity contribution < 1.29 is 4.79 Å². The molecule has 2 aromatic rings. The third-order valence-electron chi connectivity index (χ3n) is 2.73. The second-order valence-electron chi connectivity index (χ2n) is 4.33. The van der Waals surface area contributed by atoms with Crippen molar-refractivity contribution in [3.63, 3.8) is 0 Å². The maximum absolute atomic E-state index is 12.1. The standard InChI is InChI=1S/C11H14BrN5OS/c1-7(11-13-15-16-14-11)6-17(2)10(18)5-8-3-4-9(12)19-8/h3-4,7H,5-6H2,1-2H3,(H,13,14,15,16)/t7-/m0/s1. The molecule has 102 valence electrons. The zero-order valence-corrected chi connectivity index (χ0v) is 13.0. The molecule has 1 atom stereocenters. The van der Waals surface area contributed by atoms with E-state index < -0.39 is 0 Å². The Morgan fingerprint density at radius 2 is 2.37 bits per heavy atom. The molecule has 8 heteroatoms. The summed E-state index contributed by atoms with van der Waals surface area (Å²) < 4.78 is 1.04. The minimum absolute atomic E-state index is 0.0581. The Bertz CT molecular complexity index is 541.